The number of hydrogen-bond acceptors (Lipinski definition) is 4. The maximum Gasteiger partial charge on any atom is 0.277 e. The third kappa shape index (κ3) is 2.47. The molecule has 0 saturated carbocycles. The zero-order valence-electron chi connectivity index (χ0n) is 13.0. The highest BCUT2D eigenvalue weighted by Gasteiger charge is 2.19. The Morgan fingerprint density at radius 2 is 1.84 bits per heavy atom. The number of H-pyrrole nitrogens is 1. The van der Waals surface area contributed by atoms with Crippen molar-refractivity contribution in [3.63, 3.8) is 0 Å². The third-order valence-electron chi connectivity index (χ3n) is 3.91. The van der Waals surface area contributed by atoms with E-state index in [0.29, 0.717) is 17.0 Å². The average Bonchev–Trinajstić information content (AvgIpc) is 3.02. The smallest absolute Gasteiger partial charge is 0.277 e. The van der Waals surface area contributed by atoms with Gasteiger partial charge in [0.2, 0.25) is 0 Å². The van der Waals surface area contributed by atoms with Crippen LogP contribution in [0.4, 0.5) is 0 Å². The molecule has 0 radical (unpaired) electrons. The van der Waals surface area contributed by atoms with Crippen LogP contribution >= 0.6 is 0 Å². The summed E-state index contributed by atoms with van der Waals surface area (Å²) in [5, 5.41) is 11.1. The van der Waals surface area contributed by atoms with Gasteiger partial charge in [0.25, 0.3) is 11.5 Å². The lowest BCUT2D eigenvalue weighted by atomic mass is 10.0. The largest absolute Gasteiger partial charge is 0.365 e. The molecule has 0 aliphatic carbocycles. The monoisotopic (exact) mass is 331 g/mol. The number of benzene rings is 1. The summed E-state index contributed by atoms with van der Waals surface area (Å²) in [5.41, 5.74) is 8.07. The number of rotatable bonds is 3. The summed E-state index contributed by atoms with van der Waals surface area (Å²) < 4.78 is 1.73. The maximum atomic E-state index is 11.8. The molecule has 0 fully saturated rings. The molecule has 0 bridgehead atoms. The van der Waals surface area contributed by atoms with Crippen LogP contribution in [0.25, 0.3) is 28.0 Å². The summed E-state index contributed by atoms with van der Waals surface area (Å²) in [6, 6.07) is 16.7. The van der Waals surface area contributed by atoms with Gasteiger partial charge in [-0.15, -0.1) is 0 Å². The topological polar surface area (TPSA) is 106 Å². The van der Waals surface area contributed by atoms with E-state index < -0.39 is 11.5 Å². The van der Waals surface area contributed by atoms with Gasteiger partial charge in [0, 0.05) is 11.8 Å². The molecule has 0 aliphatic rings. The number of carbonyl (C=O) groups is 1. The van der Waals surface area contributed by atoms with Gasteiger partial charge >= 0.3 is 0 Å². The number of hydrogen-bond donors (Lipinski definition) is 2. The molecule has 4 aromatic rings. The lowest BCUT2D eigenvalue weighted by molar-refractivity contribution is 0.0998. The molecule has 1 amide bonds. The van der Waals surface area contributed by atoms with Crippen molar-refractivity contribution >= 4 is 11.4 Å². The van der Waals surface area contributed by atoms with Crippen molar-refractivity contribution in [2.24, 2.45) is 5.73 Å². The third-order valence-corrected chi connectivity index (χ3v) is 3.91. The van der Waals surface area contributed by atoms with E-state index >= 15 is 0 Å². The Balaban J connectivity index is 2.06. The van der Waals surface area contributed by atoms with E-state index in [1.165, 1.54) is 6.07 Å². The molecule has 4 rings (SSSR count). The second-order valence-corrected chi connectivity index (χ2v) is 5.48. The van der Waals surface area contributed by atoms with Crippen LogP contribution in [0, 0.1) is 0 Å². The van der Waals surface area contributed by atoms with Crippen LogP contribution in [0.2, 0.25) is 0 Å². The molecular weight excluding hydrogens is 318 g/mol. The summed E-state index contributed by atoms with van der Waals surface area (Å²) in [4.78, 5) is 23.3. The average molecular weight is 331 g/mol. The molecule has 1 aromatic carbocycles. The molecule has 0 atom stereocenters. The molecule has 0 aliphatic heterocycles. The van der Waals surface area contributed by atoms with Crippen LogP contribution in [0.15, 0.2) is 65.6 Å². The Morgan fingerprint density at radius 1 is 1.08 bits per heavy atom. The molecule has 3 heterocycles. The normalized spacial score (nSPS) is 10.9. The highest BCUT2D eigenvalue weighted by atomic mass is 16.2. The van der Waals surface area contributed by atoms with Gasteiger partial charge in [-0.25, -0.2) is 9.61 Å². The molecular formula is C18H13N5O2. The predicted molar refractivity (Wildman–Crippen MR) is 93.0 cm³/mol. The van der Waals surface area contributed by atoms with Gasteiger partial charge in [-0.05, 0) is 18.2 Å². The number of amides is 1. The van der Waals surface area contributed by atoms with E-state index in [1.54, 1.807) is 4.52 Å². The van der Waals surface area contributed by atoms with Crippen molar-refractivity contribution in [2.45, 2.75) is 0 Å². The molecule has 0 saturated heterocycles. The zero-order valence-corrected chi connectivity index (χ0v) is 13.0. The van der Waals surface area contributed by atoms with Gasteiger partial charge < -0.3 is 5.73 Å². The highest BCUT2D eigenvalue weighted by molar-refractivity contribution is 5.96. The number of primary amides is 1. The standard InChI is InChI=1S/C18H13N5O2/c19-17(24)12-10-13(20-21-18(12)25)15-14-8-4-5-9-23(14)22-16(15)11-6-2-1-3-7-11/h1-10H,(H2,19,24)(H,21,25). The molecule has 0 unspecified atom stereocenters. The summed E-state index contributed by atoms with van der Waals surface area (Å²) in [6.45, 7) is 0. The Bertz CT molecular complexity index is 1150. The van der Waals surface area contributed by atoms with Crippen molar-refractivity contribution in [1.29, 1.82) is 0 Å². The summed E-state index contributed by atoms with van der Waals surface area (Å²) in [5.74, 6) is -0.803. The van der Waals surface area contributed by atoms with Gasteiger partial charge in [0.15, 0.2) is 0 Å². The van der Waals surface area contributed by atoms with Gasteiger partial charge in [-0.3, -0.25) is 9.59 Å². The molecule has 25 heavy (non-hydrogen) atoms. The van der Waals surface area contributed by atoms with Crippen LogP contribution in [0.5, 0.6) is 0 Å². The Kier molecular flexibility index (Phi) is 3.39. The maximum absolute atomic E-state index is 11.8. The second-order valence-electron chi connectivity index (χ2n) is 5.48. The quantitative estimate of drug-likeness (QED) is 0.597. The van der Waals surface area contributed by atoms with Crippen LogP contribution in [0.1, 0.15) is 10.4 Å². The first-order chi connectivity index (χ1) is 12.1. The fraction of sp³-hybridized carbons (Fsp3) is 0. The van der Waals surface area contributed by atoms with Gasteiger partial charge in [0.1, 0.15) is 11.3 Å². The lowest BCUT2D eigenvalue weighted by Crippen LogP contribution is -2.24. The predicted octanol–water partition coefficient (Wildman–Crippen LogP) is 1.85. The number of fused-ring (bicyclic) bond motifs is 1. The van der Waals surface area contributed by atoms with E-state index in [4.69, 9.17) is 5.73 Å². The molecule has 0 spiro atoms. The molecule has 7 heteroatoms. The summed E-state index contributed by atoms with van der Waals surface area (Å²) in [7, 11) is 0. The van der Waals surface area contributed by atoms with Crippen LogP contribution < -0.4 is 11.3 Å². The van der Waals surface area contributed by atoms with Gasteiger partial charge in [0.05, 0.1) is 16.8 Å². The van der Waals surface area contributed by atoms with Crippen LogP contribution in [0.3, 0.4) is 0 Å². The van der Waals surface area contributed by atoms with E-state index in [-0.39, 0.29) is 5.56 Å². The minimum atomic E-state index is -0.803. The molecule has 3 N–H and O–H groups in total. The van der Waals surface area contributed by atoms with E-state index in [9.17, 15) is 9.59 Å². The SMILES string of the molecule is NC(=O)c1cc(-c2c(-c3ccccc3)nn3ccccc23)n[nH]c1=O. The lowest BCUT2D eigenvalue weighted by Gasteiger charge is -2.04. The van der Waals surface area contributed by atoms with Crippen molar-refractivity contribution < 1.29 is 4.79 Å². The number of pyridine rings is 1. The van der Waals surface area contributed by atoms with Gasteiger partial charge in [-0.2, -0.15) is 10.2 Å². The fourth-order valence-corrected chi connectivity index (χ4v) is 2.77. The van der Waals surface area contributed by atoms with E-state index in [0.717, 1.165) is 11.1 Å². The fourth-order valence-electron chi connectivity index (χ4n) is 2.77. The summed E-state index contributed by atoms with van der Waals surface area (Å²) in [6.07, 6.45) is 1.83. The Morgan fingerprint density at radius 3 is 2.60 bits per heavy atom. The van der Waals surface area contributed by atoms with Crippen molar-refractivity contribution in [3.8, 4) is 22.5 Å². The minimum Gasteiger partial charge on any atom is -0.365 e. The number of aromatic amines is 1. The van der Waals surface area contributed by atoms with E-state index in [1.807, 2.05) is 54.7 Å². The summed E-state index contributed by atoms with van der Waals surface area (Å²) >= 11 is 0. The zero-order chi connectivity index (χ0) is 17.4. The number of carbonyl (C=O) groups excluding carboxylic acids is 1. The highest BCUT2D eigenvalue weighted by Crippen LogP contribution is 2.33. The number of aromatic nitrogens is 4. The van der Waals surface area contributed by atoms with Crippen molar-refractivity contribution in [3.05, 3.63) is 76.7 Å². The Hall–Kier alpha value is -3.74. The first kappa shape index (κ1) is 14.8. The molecule has 3 aromatic heterocycles. The van der Waals surface area contributed by atoms with Crippen molar-refractivity contribution in [2.75, 3.05) is 0 Å². The van der Waals surface area contributed by atoms with E-state index in [2.05, 4.69) is 15.3 Å². The first-order valence-corrected chi connectivity index (χ1v) is 7.58. The Labute approximate surface area is 141 Å². The van der Waals surface area contributed by atoms with Crippen LogP contribution in [-0.4, -0.2) is 25.7 Å². The molecule has 122 valence electrons. The number of nitrogens with zero attached hydrogens (tertiary/aromatic N) is 3. The minimum absolute atomic E-state index is 0.140. The second kappa shape index (κ2) is 5.72. The first-order valence-electron chi connectivity index (χ1n) is 7.58. The van der Waals surface area contributed by atoms with Crippen molar-refractivity contribution in [1.82, 2.24) is 19.8 Å². The molecule has 7 nitrogen and oxygen atoms in total. The number of nitrogens with one attached hydrogen (secondary N) is 1. The van der Waals surface area contributed by atoms with Crippen LogP contribution in [-0.2, 0) is 0 Å². The van der Waals surface area contributed by atoms with Gasteiger partial charge in [-0.1, -0.05) is 36.4 Å². The number of nitrogens with two attached hydrogens (primary N) is 1.